The van der Waals surface area contributed by atoms with Crippen molar-refractivity contribution in [2.45, 2.75) is 69.3 Å². The highest BCUT2D eigenvalue weighted by Gasteiger charge is 2.45. The summed E-state index contributed by atoms with van der Waals surface area (Å²) < 4.78 is 6.47. The fourth-order valence-corrected chi connectivity index (χ4v) is 7.14. The third-order valence-corrected chi connectivity index (χ3v) is 9.55. The van der Waals surface area contributed by atoms with Crippen LogP contribution in [0, 0.1) is 5.92 Å². The van der Waals surface area contributed by atoms with Crippen LogP contribution in [0.2, 0.25) is 0 Å². The van der Waals surface area contributed by atoms with E-state index < -0.39 is 5.54 Å². The molecule has 0 bridgehead atoms. The zero-order chi connectivity index (χ0) is 25.7. The lowest BCUT2D eigenvalue weighted by molar-refractivity contribution is -0.122. The summed E-state index contributed by atoms with van der Waals surface area (Å²) in [6, 6.07) is 10.4. The van der Waals surface area contributed by atoms with Crippen molar-refractivity contribution in [2.75, 3.05) is 0 Å². The number of amides is 1. The van der Waals surface area contributed by atoms with Crippen LogP contribution in [-0.2, 0) is 10.3 Å². The van der Waals surface area contributed by atoms with Crippen molar-refractivity contribution >= 4 is 29.0 Å². The molecule has 1 saturated heterocycles. The summed E-state index contributed by atoms with van der Waals surface area (Å²) in [5.74, 6) is 1.42. The van der Waals surface area contributed by atoms with Crippen LogP contribution in [0.3, 0.4) is 0 Å². The molecule has 2 aliphatic rings. The maximum Gasteiger partial charge on any atom is 0.238 e. The molecule has 1 aliphatic carbocycles. The van der Waals surface area contributed by atoms with Crippen molar-refractivity contribution in [2.24, 2.45) is 5.92 Å². The molecule has 1 aromatic heterocycles. The fourth-order valence-electron chi connectivity index (χ4n) is 5.36. The van der Waals surface area contributed by atoms with Gasteiger partial charge < -0.3 is 10.1 Å². The number of nitrogens with one attached hydrogen (secondary N) is 1. The maximum absolute atomic E-state index is 13.6. The molecular weight excluding hydrogens is 482 g/mol. The van der Waals surface area contributed by atoms with Crippen molar-refractivity contribution < 1.29 is 9.53 Å². The summed E-state index contributed by atoms with van der Waals surface area (Å²) in [5, 5.41) is 7.20. The molecule has 2 fully saturated rings. The third kappa shape index (κ3) is 5.73. The Morgan fingerprint density at radius 3 is 2.67 bits per heavy atom. The second kappa shape index (κ2) is 11.7. The van der Waals surface area contributed by atoms with Gasteiger partial charge in [0.25, 0.3) is 0 Å². The van der Waals surface area contributed by atoms with Crippen LogP contribution in [0.1, 0.15) is 63.5 Å². The minimum Gasteiger partial charge on any atom is -0.490 e. The van der Waals surface area contributed by atoms with E-state index in [1.807, 2.05) is 25.1 Å². The van der Waals surface area contributed by atoms with Gasteiger partial charge in [-0.15, -0.1) is 11.8 Å². The number of allylic oxidation sites excluding steroid dienone is 3. The van der Waals surface area contributed by atoms with Gasteiger partial charge in [0.2, 0.25) is 5.91 Å². The van der Waals surface area contributed by atoms with Crippen LogP contribution in [0.25, 0.3) is 0 Å². The standard InChI is InChI=1S/C31H37NO2S2/c1-6-11-28(21(2)3)36-29-22(4)19-31(32-30(29)33,26-16-17-35-20-26)25-14-10-15-27(18-25)34-23(5)24-12-8-7-9-13-24/h6,10-11,14-18,20,23-24,29H,1-2,4,7-9,12-13,19H2,3,5H3,(H,32,33)/b28-11+. The molecule has 0 radical (unpaired) electrons. The minimum atomic E-state index is -0.676. The van der Waals surface area contributed by atoms with Crippen molar-refractivity contribution in [3.8, 4) is 5.75 Å². The molecule has 4 rings (SSSR count). The first-order chi connectivity index (χ1) is 17.3. The number of benzene rings is 1. The predicted octanol–water partition coefficient (Wildman–Crippen LogP) is 8.16. The predicted molar refractivity (Wildman–Crippen MR) is 155 cm³/mol. The first kappa shape index (κ1) is 26.6. The van der Waals surface area contributed by atoms with Crippen LogP contribution in [0.4, 0.5) is 0 Å². The summed E-state index contributed by atoms with van der Waals surface area (Å²) in [7, 11) is 0. The van der Waals surface area contributed by atoms with Gasteiger partial charge in [0.1, 0.15) is 11.0 Å². The van der Waals surface area contributed by atoms with E-state index in [1.54, 1.807) is 17.4 Å². The smallest absolute Gasteiger partial charge is 0.238 e. The molecular formula is C31H37NO2S2. The summed E-state index contributed by atoms with van der Waals surface area (Å²) >= 11 is 3.13. The molecule has 1 N–H and O–H groups in total. The zero-order valence-electron chi connectivity index (χ0n) is 21.4. The van der Waals surface area contributed by atoms with Gasteiger partial charge >= 0.3 is 0 Å². The molecule has 3 nitrogen and oxygen atoms in total. The van der Waals surface area contributed by atoms with Gasteiger partial charge in [-0.1, -0.05) is 62.8 Å². The zero-order valence-corrected chi connectivity index (χ0v) is 23.1. The summed E-state index contributed by atoms with van der Waals surface area (Å²) in [5.41, 5.74) is 3.23. The quantitative estimate of drug-likeness (QED) is 0.268. The Balaban J connectivity index is 1.63. The number of carbonyl (C=O) groups excluding carboxylic acids is 1. The Kier molecular flexibility index (Phi) is 8.63. The number of carbonyl (C=O) groups is 1. The Hall–Kier alpha value is -2.50. The molecule has 5 heteroatoms. The van der Waals surface area contributed by atoms with Crippen molar-refractivity contribution in [1.29, 1.82) is 0 Å². The number of thioether (sulfide) groups is 1. The monoisotopic (exact) mass is 519 g/mol. The molecule has 190 valence electrons. The molecule has 2 aromatic rings. The molecule has 3 atom stereocenters. The first-order valence-electron chi connectivity index (χ1n) is 12.8. The van der Waals surface area contributed by atoms with E-state index in [0.717, 1.165) is 32.9 Å². The van der Waals surface area contributed by atoms with E-state index in [-0.39, 0.29) is 17.3 Å². The average Bonchev–Trinajstić information content (AvgIpc) is 3.42. The highest BCUT2D eigenvalue weighted by atomic mass is 32.2. The Morgan fingerprint density at radius 2 is 2.03 bits per heavy atom. The van der Waals surface area contributed by atoms with Crippen molar-refractivity contribution in [3.63, 3.8) is 0 Å². The number of piperidine rings is 1. The number of hydrogen-bond donors (Lipinski definition) is 1. The van der Waals surface area contributed by atoms with Crippen LogP contribution in [0.15, 0.2) is 89.0 Å². The minimum absolute atomic E-state index is 0.0412. The lowest BCUT2D eigenvalue weighted by Gasteiger charge is -2.42. The number of hydrogen-bond acceptors (Lipinski definition) is 4. The fraction of sp³-hybridized carbons (Fsp3) is 0.387. The lowest BCUT2D eigenvalue weighted by Crippen LogP contribution is -2.54. The van der Waals surface area contributed by atoms with Crippen molar-refractivity contribution in [1.82, 2.24) is 5.32 Å². The number of thiophene rings is 1. The summed E-state index contributed by atoms with van der Waals surface area (Å²) in [6.45, 7) is 16.4. The third-order valence-electron chi connectivity index (χ3n) is 7.35. The van der Waals surface area contributed by atoms with Gasteiger partial charge in [-0.2, -0.15) is 11.3 Å². The maximum atomic E-state index is 13.6. The Labute approximate surface area is 224 Å². The van der Waals surface area contributed by atoms with Crippen LogP contribution >= 0.6 is 23.1 Å². The highest BCUT2D eigenvalue weighted by molar-refractivity contribution is 8.04. The highest BCUT2D eigenvalue weighted by Crippen LogP contribution is 2.45. The van der Waals surface area contributed by atoms with E-state index >= 15 is 0 Å². The first-order valence-corrected chi connectivity index (χ1v) is 14.6. The van der Waals surface area contributed by atoms with E-state index in [4.69, 9.17) is 4.74 Å². The number of ether oxygens (including phenoxy) is 1. The van der Waals surface area contributed by atoms with E-state index in [9.17, 15) is 4.79 Å². The largest absolute Gasteiger partial charge is 0.490 e. The van der Waals surface area contributed by atoms with E-state index in [0.29, 0.717) is 12.3 Å². The Morgan fingerprint density at radius 1 is 1.25 bits per heavy atom. The van der Waals surface area contributed by atoms with Gasteiger partial charge in [-0.05, 0) is 84.3 Å². The summed E-state index contributed by atoms with van der Waals surface area (Å²) in [6.07, 6.45) is 10.8. The molecule has 1 aliphatic heterocycles. The molecule has 0 spiro atoms. The molecule has 36 heavy (non-hydrogen) atoms. The average molecular weight is 520 g/mol. The lowest BCUT2D eigenvalue weighted by atomic mass is 9.76. The van der Waals surface area contributed by atoms with E-state index in [1.165, 1.54) is 43.9 Å². The second-order valence-electron chi connectivity index (χ2n) is 10.0. The van der Waals surface area contributed by atoms with Gasteiger partial charge in [0, 0.05) is 11.3 Å². The second-order valence-corrected chi connectivity index (χ2v) is 12.0. The topological polar surface area (TPSA) is 38.3 Å². The van der Waals surface area contributed by atoms with Gasteiger partial charge in [0.05, 0.1) is 11.6 Å². The van der Waals surface area contributed by atoms with Gasteiger partial charge in [-0.3, -0.25) is 4.79 Å². The van der Waals surface area contributed by atoms with Gasteiger partial charge in [0.15, 0.2) is 0 Å². The van der Waals surface area contributed by atoms with Crippen molar-refractivity contribution in [3.05, 3.63) is 100 Å². The summed E-state index contributed by atoms with van der Waals surface area (Å²) in [4.78, 5) is 14.6. The SMILES string of the molecule is C=C/C=C(/SC1C(=C)CC(c2ccsc2)(c2cccc(OC(C)C3CCCCC3)c2)NC1=O)C(=C)C. The van der Waals surface area contributed by atoms with Crippen LogP contribution < -0.4 is 10.1 Å². The Bertz CT molecular complexity index is 1120. The molecule has 1 amide bonds. The molecule has 1 saturated carbocycles. The van der Waals surface area contributed by atoms with Crippen LogP contribution in [0.5, 0.6) is 5.75 Å². The molecule has 1 aromatic carbocycles. The molecule has 2 heterocycles. The van der Waals surface area contributed by atoms with Gasteiger partial charge in [-0.25, -0.2) is 0 Å². The normalized spacial score (nSPS) is 24.2. The number of rotatable bonds is 9. The molecule has 3 unspecified atom stereocenters. The van der Waals surface area contributed by atoms with Crippen LogP contribution in [-0.4, -0.2) is 17.3 Å². The van der Waals surface area contributed by atoms with E-state index in [2.05, 4.69) is 60.9 Å².